The minimum atomic E-state index is -0.575. The fourth-order valence-corrected chi connectivity index (χ4v) is 5.45. The number of hydrogen-bond acceptors (Lipinski definition) is 8. The Labute approximate surface area is 241 Å². The average Bonchev–Trinajstić information content (AvgIpc) is 3.66. The highest BCUT2D eigenvalue weighted by atomic mass is 19.1. The third-order valence-electron chi connectivity index (χ3n) is 7.69. The number of halogens is 2. The van der Waals surface area contributed by atoms with Crippen LogP contribution in [0, 0.1) is 18.6 Å². The summed E-state index contributed by atoms with van der Waals surface area (Å²) < 4.78 is 43.6. The van der Waals surface area contributed by atoms with Gasteiger partial charge in [0.2, 0.25) is 0 Å². The fraction of sp³-hybridized carbons (Fsp3) is 0.333. The van der Waals surface area contributed by atoms with Crippen molar-refractivity contribution in [3.63, 3.8) is 0 Å². The molecule has 1 unspecified atom stereocenters. The normalized spacial score (nSPS) is 15.3. The smallest absolute Gasteiger partial charge is 0.198 e. The molecule has 4 heterocycles. The lowest BCUT2D eigenvalue weighted by molar-refractivity contribution is 0.391. The molecule has 1 aliphatic rings. The minimum Gasteiger partial charge on any atom is -0.497 e. The monoisotopic (exact) mass is 574 g/mol. The first-order chi connectivity index (χ1) is 20.3. The Balaban J connectivity index is 1.41. The summed E-state index contributed by atoms with van der Waals surface area (Å²) in [7, 11) is 5.09. The number of hydrogen-bond donors (Lipinski definition) is 1. The van der Waals surface area contributed by atoms with Crippen LogP contribution in [0.5, 0.6) is 11.5 Å². The van der Waals surface area contributed by atoms with Crippen LogP contribution in [0.4, 0.5) is 20.3 Å². The molecular weight excluding hydrogens is 542 g/mol. The van der Waals surface area contributed by atoms with Gasteiger partial charge in [-0.05, 0) is 50.1 Å². The van der Waals surface area contributed by atoms with Gasteiger partial charge in [0.05, 0.1) is 37.5 Å². The molecule has 1 fully saturated rings. The lowest BCUT2D eigenvalue weighted by Crippen LogP contribution is -2.34. The van der Waals surface area contributed by atoms with Crippen LogP contribution in [0.25, 0.3) is 16.9 Å². The maximum Gasteiger partial charge on any atom is 0.198 e. The Bertz CT molecular complexity index is 1750. The Kier molecular flexibility index (Phi) is 7.36. The predicted molar refractivity (Wildman–Crippen MR) is 155 cm³/mol. The molecule has 1 saturated heterocycles. The highest BCUT2D eigenvalue weighted by Gasteiger charge is 2.28. The van der Waals surface area contributed by atoms with E-state index in [0.717, 1.165) is 55.4 Å². The van der Waals surface area contributed by atoms with Gasteiger partial charge in [0, 0.05) is 56.0 Å². The molecule has 10 nitrogen and oxygen atoms in total. The summed E-state index contributed by atoms with van der Waals surface area (Å²) in [6, 6.07) is 8.89. The van der Waals surface area contributed by atoms with E-state index in [2.05, 4.69) is 15.3 Å². The zero-order valence-electron chi connectivity index (χ0n) is 23.9. The van der Waals surface area contributed by atoms with Crippen LogP contribution in [0.3, 0.4) is 0 Å². The highest BCUT2D eigenvalue weighted by Crippen LogP contribution is 2.33. The number of nitrogens with zero attached hydrogens (tertiary/aromatic N) is 7. The number of nitrogens with one attached hydrogen (secondary N) is 1. The molecule has 2 aromatic carbocycles. The second kappa shape index (κ2) is 11.3. The van der Waals surface area contributed by atoms with Gasteiger partial charge in [-0.1, -0.05) is 0 Å². The average molecular weight is 575 g/mol. The van der Waals surface area contributed by atoms with Gasteiger partial charge in [0.25, 0.3) is 0 Å². The van der Waals surface area contributed by atoms with Crippen LogP contribution in [0.1, 0.15) is 35.8 Å². The highest BCUT2D eigenvalue weighted by molar-refractivity contribution is 5.72. The number of aromatic nitrogens is 6. The molecule has 0 bridgehead atoms. The number of methoxy groups -OCH3 is 2. The lowest BCUT2D eigenvalue weighted by Gasteiger charge is -2.32. The Morgan fingerprint density at radius 3 is 2.69 bits per heavy atom. The molecule has 1 N–H and O–H groups in total. The maximum absolute atomic E-state index is 15.0. The number of rotatable bonds is 8. The molecule has 0 aliphatic carbocycles. The summed E-state index contributed by atoms with van der Waals surface area (Å²) in [4.78, 5) is 12.0. The molecule has 42 heavy (non-hydrogen) atoms. The van der Waals surface area contributed by atoms with Crippen molar-refractivity contribution in [1.29, 1.82) is 0 Å². The van der Waals surface area contributed by atoms with Crippen LogP contribution >= 0.6 is 0 Å². The summed E-state index contributed by atoms with van der Waals surface area (Å²) in [6.45, 7) is 3.80. The van der Waals surface area contributed by atoms with Crippen molar-refractivity contribution in [2.24, 2.45) is 7.05 Å². The molecule has 1 atom stereocenters. The second-order valence-electron chi connectivity index (χ2n) is 10.4. The molecule has 1 aliphatic heterocycles. The van der Waals surface area contributed by atoms with Gasteiger partial charge in [-0.2, -0.15) is 10.2 Å². The fourth-order valence-electron chi connectivity index (χ4n) is 5.45. The molecule has 0 amide bonds. The molecule has 0 saturated carbocycles. The topological polar surface area (TPSA) is 94.6 Å². The summed E-state index contributed by atoms with van der Waals surface area (Å²) in [5.74, 6) is 1.33. The molecule has 218 valence electrons. The van der Waals surface area contributed by atoms with Crippen LogP contribution in [-0.2, 0) is 13.6 Å². The predicted octanol–water partition coefficient (Wildman–Crippen LogP) is 5.12. The summed E-state index contributed by atoms with van der Waals surface area (Å²) in [6.07, 6.45) is 5.78. The van der Waals surface area contributed by atoms with Crippen LogP contribution < -0.4 is 19.7 Å². The van der Waals surface area contributed by atoms with E-state index in [9.17, 15) is 8.78 Å². The molecular formula is C30H32F2N8O2. The third kappa shape index (κ3) is 5.19. The lowest BCUT2D eigenvalue weighted by atomic mass is 9.97. The summed E-state index contributed by atoms with van der Waals surface area (Å²) >= 11 is 0. The zero-order chi connectivity index (χ0) is 29.4. The molecule has 5 aromatic rings. The van der Waals surface area contributed by atoms with Gasteiger partial charge >= 0.3 is 0 Å². The van der Waals surface area contributed by atoms with Gasteiger partial charge in [0.1, 0.15) is 23.1 Å². The van der Waals surface area contributed by atoms with Crippen LogP contribution in [0.2, 0.25) is 0 Å². The maximum atomic E-state index is 15.0. The van der Waals surface area contributed by atoms with Crippen LogP contribution in [-0.4, -0.2) is 56.7 Å². The van der Waals surface area contributed by atoms with E-state index in [1.54, 1.807) is 36.4 Å². The van der Waals surface area contributed by atoms with Gasteiger partial charge in [-0.25, -0.2) is 23.3 Å². The molecule has 12 heteroatoms. The van der Waals surface area contributed by atoms with E-state index in [-0.39, 0.29) is 17.2 Å². The van der Waals surface area contributed by atoms with E-state index in [1.165, 1.54) is 0 Å². The number of piperidine rings is 1. The summed E-state index contributed by atoms with van der Waals surface area (Å²) in [5.41, 5.74) is 3.31. The van der Waals surface area contributed by atoms with Crippen molar-refractivity contribution >= 4 is 17.2 Å². The number of fused-ring (bicyclic) bond motifs is 1. The van der Waals surface area contributed by atoms with Gasteiger partial charge in [-0.15, -0.1) is 0 Å². The van der Waals surface area contributed by atoms with Crippen molar-refractivity contribution in [3.05, 3.63) is 77.5 Å². The molecule has 3 aromatic heterocycles. The SMILES string of the molecule is COc1ccc(CNc2nc(-c3cc(F)ccc3F)c(C)n3nc(C4CCCN(c5cnn(C)c5)C4)nc23)c(OC)c1. The standard InChI is InChI=1S/C30H32F2N8O2/c1-18-27(24-12-21(31)8-10-25(24)32)35-29(33-14-19-7-9-23(41-3)13-26(19)42-4)30-36-28(37-40(18)30)20-6-5-11-39(16-20)22-15-34-38(2)17-22/h7-10,12-13,15,17,20H,5-6,11,14,16H2,1-4H3,(H,33,35). The van der Waals surface area contributed by atoms with E-state index in [0.29, 0.717) is 41.0 Å². The Morgan fingerprint density at radius 2 is 1.93 bits per heavy atom. The van der Waals surface area contributed by atoms with E-state index >= 15 is 0 Å². The van der Waals surface area contributed by atoms with Crippen molar-refractivity contribution in [3.8, 4) is 22.8 Å². The number of benzene rings is 2. The van der Waals surface area contributed by atoms with Gasteiger partial charge in [-0.3, -0.25) is 4.68 Å². The first-order valence-corrected chi connectivity index (χ1v) is 13.8. The molecule has 6 rings (SSSR count). The van der Waals surface area contributed by atoms with Crippen LogP contribution in [0.15, 0.2) is 48.8 Å². The minimum absolute atomic E-state index is 0.0527. The van der Waals surface area contributed by atoms with Crippen molar-refractivity contribution < 1.29 is 18.3 Å². The van der Waals surface area contributed by atoms with Crippen molar-refractivity contribution in [1.82, 2.24) is 29.4 Å². The Hall–Kier alpha value is -4.74. The third-order valence-corrected chi connectivity index (χ3v) is 7.69. The van der Waals surface area contributed by atoms with Crippen molar-refractivity contribution in [2.75, 3.05) is 37.5 Å². The Morgan fingerprint density at radius 1 is 1.07 bits per heavy atom. The molecule has 0 spiro atoms. The first kappa shape index (κ1) is 27.4. The number of anilines is 2. The molecule has 0 radical (unpaired) electrons. The van der Waals surface area contributed by atoms with E-state index in [1.807, 2.05) is 31.6 Å². The van der Waals surface area contributed by atoms with E-state index in [4.69, 9.17) is 24.5 Å². The largest absolute Gasteiger partial charge is 0.497 e. The van der Waals surface area contributed by atoms with Crippen molar-refractivity contribution in [2.45, 2.75) is 32.2 Å². The van der Waals surface area contributed by atoms with Gasteiger partial charge < -0.3 is 19.7 Å². The first-order valence-electron chi connectivity index (χ1n) is 13.8. The van der Waals surface area contributed by atoms with E-state index < -0.39 is 11.6 Å². The second-order valence-corrected chi connectivity index (χ2v) is 10.4. The number of aryl methyl sites for hydroxylation is 2. The zero-order valence-corrected chi connectivity index (χ0v) is 23.9. The quantitative estimate of drug-likeness (QED) is 0.273. The number of ether oxygens (including phenoxy) is 2. The van der Waals surface area contributed by atoms with Gasteiger partial charge in [0.15, 0.2) is 17.3 Å². The summed E-state index contributed by atoms with van der Waals surface area (Å²) in [5, 5.41) is 12.6.